The Morgan fingerprint density at radius 2 is 2.00 bits per heavy atom. The van der Waals surface area contributed by atoms with Gasteiger partial charge in [-0.2, -0.15) is 0 Å². The smallest absolute Gasteiger partial charge is 0.224 e. The van der Waals surface area contributed by atoms with E-state index < -0.39 is 0 Å². The van der Waals surface area contributed by atoms with Crippen molar-refractivity contribution in [3.63, 3.8) is 0 Å². The van der Waals surface area contributed by atoms with Crippen molar-refractivity contribution in [1.29, 1.82) is 0 Å². The average molecular weight is 514 g/mol. The molecule has 1 aromatic carbocycles. The molecule has 0 fully saturated rings. The number of hydrogen-bond acceptors (Lipinski definition) is 3. The summed E-state index contributed by atoms with van der Waals surface area (Å²) in [5.41, 5.74) is 3.18. The van der Waals surface area contributed by atoms with Gasteiger partial charge in [-0.15, -0.1) is 35.3 Å². The summed E-state index contributed by atoms with van der Waals surface area (Å²) in [5, 5.41) is 11.7. The van der Waals surface area contributed by atoms with Crippen LogP contribution < -0.4 is 16.0 Å². The number of aryl methyl sites for hydroxylation is 1. The number of thiophene rings is 1. The fraction of sp³-hybridized carbons (Fsp3) is 0.429. The molecule has 1 amide bonds. The van der Waals surface area contributed by atoms with Gasteiger partial charge >= 0.3 is 0 Å². The van der Waals surface area contributed by atoms with Gasteiger partial charge in [-0.1, -0.05) is 26.0 Å². The van der Waals surface area contributed by atoms with E-state index in [1.807, 2.05) is 38.1 Å². The molecule has 2 aromatic rings. The lowest BCUT2D eigenvalue weighted by Gasteiger charge is -2.12. The summed E-state index contributed by atoms with van der Waals surface area (Å²) in [6, 6.07) is 9.99. The zero-order chi connectivity index (χ0) is 19.6. The van der Waals surface area contributed by atoms with Crippen molar-refractivity contribution >= 4 is 52.9 Å². The molecule has 0 aliphatic heterocycles. The van der Waals surface area contributed by atoms with Crippen molar-refractivity contribution in [3.05, 3.63) is 51.7 Å². The summed E-state index contributed by atoms with van der Waals surface area (Å²) < 4.78 is 0. The maximum absolute atomic E-state index is 12.0. The van der Waals surface area contributed by atoms with E-state index in [2.05, 4.69) is 46.2 Å². The molecule has 1 heterocycles. The molecule has 0 unspecified atom stereocenters. The van der Waals surface area contributed by atoms with Crippen molar-refractivity contribution in [2.75, 3.05) is 11.9 Å². The minimum Gasteiger partial charge on any atom is -0.357 e. The number of guanidine groups is 1. The second kappa shape index (κ2) is 12.8. The number of nitrogens with zero attached hydrogens (tertiary/aromatic N) is 1. The topological polar surface area (TPSA) is 65.5 Å². The highest BCUT2D eigenvalue weighted by molar-refractivity contribution is 14.0. The van der Waals surface area contributed by atoms with Crippen LogP contribution in [0.1, 0.15) is 43.2 Å². The lowest BCUT2D eigenvalue weighted by atomic mass is 10.1. The van der Waals surface area contributed by atoms with Crippen molar-refractivity contribution in [1.82, 2.24) is 10.6 Å². The Hall–Kier alpha value is -1.61. The molecule has 0 atom stereocenters. The van der Waals surface area contributed by atoms with E-state index in [-0.39, 0.29) is 29.9 Å². The van der Waals surface area contributed by atoms with E-state index in [0.29, 0.717) is 18.9 Å². The Kier molecular flexibility index (Phi) is 11.1. The van der Waals surface area contributed by atoms with Crippen LogP contribution in [0.15, 0.2) is 40.7 Å². The van der Waals surface area contributed by atoms with Crippen LogP contribution in [0.3, 0.4) is 0 Å². The molecule has 0 bridgehead atoms. The van der Waals surface area contributed by atoms with Crippen LogP contribution in [-0.4, -0.2) is 18.4 Å². The molecule has 0 aliphatic carbocycles. The van der Waals surface area contributed by atoms with Gasteiger partial charge in [-0.05, 0) is 54.5 Å². The molecule has 0 spiro atoms. The van der Waals surface area contributed by atoms with Crippen LogP contribution in [0.2, 0.25) is 0 Å². The fourth-order valence-electron chi connectivity index (χ4n) is 2.59. The number of nitrogens with one attached hydrogen (secondary N) is 3. The number of amides is 1. The van der Waals surface area contributed by atoms with Gasteiger partial charge in [-0.25, -0.2) is 4.99 Å². The van der Waals surface area contributed by atoms with Gasteiger partial charge in [0.2, 0.25) is 5.91 Å². The van der Waals surface area contributed by atoms with E-state index in [1.54, 1.807) is 11.3 Å². The first-order chi connectivity index (χ1) is 13.0. The molecule has 3 N–H and O–H groups in total. The van der Waals surface area contributed by atoms with E-state index in [4.69, 9.17) is 0 Å². The van der Waals surface area contributed by atoms with E-state index in [9.17, 15) is 4.79 Å². The Bertz CT molecular complexity index is 773. The van der Waals surface area contributed by atoms with Crippen LogP contribution in [-0.2, 0) is 17.9 Å². The minimum absolute atomic E-state index is 0. The summed E-state index contributed by atoms with van der Waals surface area (Å²) in [4.78, 5) is 17.9. The number of benzene rings is 1. The number of aliphatic imine (C=N–C) groups is 1. The Labute approximate surface area is 189 Å². The molecule has 154 valence electrons. The van der Waals surface area contributed by atoms with Gasteiger partial charge in [-0.3, -0.25) is 4.79 Å². The largest absolute Gasteiger partial charge is 0.357 e. The van der Waals surface area contributed by atoms with Crippen molar-refractivity contribution in [2.24, 2.45) is 10.9 Å². The Morgan fingerprint density at radius 3 is 2.64 bits per heavy atom. The number of carbonyl (C=O) groups excluding carboxylic acids is 1. The van der Waals surface area contributed by atoms with Gasteiger partial charge in [0.25, 0.3) is 0 Å². The van der Waals surface area contributed by atoms with E-state index in [1.165, 1.54) is 10.4 Å². The normalized spacial score (nSPS) is 11.1. The summed E-state index contributed by atoms with van der Waals surface area (Å²) in [6.45, 7) is 10.4. The molecule has 5 nitrogen and oxygen atoms in total. The number of anilines is 1. The molecule has 0 saturated heterocycles. The average Bonchev–Trinajstić information content (AvgIpc) is 3.02. The van der Waals surface area contributed by atoms with Gasteiger partial charge < -0.3 is 16.0 Å². The maximum atomic E-state index is 12.0. The van der Waals surface area contributed by atoms with Gasteiger partial charge in [0, 0.05) is 23.5 Å². The molecular formula is C21H31IN4OS. The van der Waals surface area contributed by atoms with Crippen LogP contribution in [0.25, 0.3) is 0 Å². The van der Waals surface area contributed by atoms with Crippen LogP contribution in [0.4, 0.5) is 5.69 Å². The molecule has 0 radical (unpaired) electrons. The molecule has 0 aliphatic rings. The van der Waals surface area contributed by atoms with Gasteiger partial charge in [0.1, 0.15) is 0 Å². The number of carbonyl (C=O) groups is 1. The van der Waals surface area contributed by atoms with Gasteiger partial charge in [0.05, 0.1) is 13.1 Å². The lowest BCUT2D eigenvalue weighted by molar-refractivity contribution is -0.116. The quantitative estimate of drug-likeness (QED) is 0.266. The maximum Gasteiger partial charge on any atom is 0.224 e. The minimum atomic E-state index is 0. The Morgan fingerprint density at radius 1 is 1.21 bits per heavy atom. The zero-order valence-electron chi connectivity index (χ0n) is 17.0. The summed E-state index contributed by atoms with van der Waals surface area (Å²) in [6.07, 6.45) is 0.527. The number of halogens is 1. The number of hydrogen-bond donors (Lipinski definition) is 3. The summed E-state index contributed by atoms with van der Waals surface area (Å²) in [5.74, 6) is 1.19. The lowest BCUT2D eigenvalue weighted by Crippen LogP contribution is -2.36. The third kappa shape index (κ3) is 8.60. The van der Waals surface area contributed by atoms with Crippen molar-refractivity contribution in [3.8, 4) is 0 Å². The highest BCUT2D eigenvalue weighted by Gasteiger charge is 2.06. The van der Waals surface area contributed by atoms with Gasteiger partial charge in [0.15, 0.2) is 5.96 Å². The molecule has 0 saturated carbocycles. The molecule has 2 rings (SSSR count). The third-order valence-corrected chi connectivity index (χ3v) is 4.98. The third-order valence-electron chi connectivity index (χ3n) is 3.95. The summed E-state index contributed by atoms with van der Waals surface area (Å²) in [7, 11) is 0. The molecule has 1 aromatic heterocycles. The first kappa shape index (κ1) is 24.4. The Balaban J connectivity index is 0.00000392. The first-order valence-electron chi connectivity index (χ1n) is 9.41. The first-order valence-corrected chi connectivity index (χ1v) is 10.3. The SMILES string of the molecule is CCNC(=NCc1cccc(NC(=O)CC(C)C)c1)NCc1sccc1C.I. The van der Waals surface area contributed by atoms with Crippen molar-refractivity contribution < 1.29 is 4.79 Å². The highest BCUT2D eigenvalue weighted by atomic mass is 127. The zero-order valence-corrected chi connectivity index (χ0v) is 20.2. The standard InChI is InChI=1S/C21H30N4OS.HI/c1-5-22-21(24-14-19-16(4)9-10-27-19)23-13-17-7-6-8-18(12-17)25-20(26)11-15(2)3;/h6-10,12,15H,5,11,13-14H2,1-4H3,(H,25,26)(H2,22,23,24);1H. The monoisotopic (exact) mass is 514 g/mol. The van der Waals surface area contributed by atoms with Crippen LogP contribution in [0.5, 0.6) is 0 Å². The van der Waals surface area contributed by atoms with Crippen LogP contribution >= 0.6 is 35.3 Å². The second-order valence-corrected chi connectivity index (χ2v) is 7.92. The van der Waals surface area contributed by atoms with Crippen LogP contribution in [0, 0.1) is 12.8 Å². The number of rotatable bonds is 8. The van der Waals surface area contributed by atoms with E-state index >= 15 is 0 Å². The molecule has 28 heavy (non-hydrogen) atoms. The van der Waals surface area contributed by atoms with E-state index in [0.717, 1.165) is 30.3 Å². The molecule has 7 heteroatoms. The second-order valence-electron chi connectivity index (χ2n) is 6.92. The summed E-state index contributed by atoms with van der Waals surface area (Å²) >= 11 is 1.75. The fourth-order valence-corrected chi connectivity index (χ4v) is 3.44. The highest BCUT2D eigenvalue weighted by Crippen LogP contribution is 2.15. The molecular weight excluding hydrogens is 483 g/mol. The predicted molar refractivity (Wildman–Crippen MR) is 131 cm³/mol. The predicted octanol–water partition coefficient (Wildman–Crippen LogP) is 4.91. The van der Waals surface area contributed by atoms with Crippen molar-refractivity contribution in [2.45, 2.75) is 47.2 Å².